The van der Waals surface area contributed by atoms with Crippen molar-refractivity contribution in [2.45, 2.75) is 6.42 Å². The Bertz CT molecular complexity index is 412. The molecule has 0 bridgehead atoms. The lowest BCUT2D eigenvalue weighted by molar-refractivity contribution is 0.167. The van der Waals surface area contributed by atoms with Gasteiger partial charge in [0.1, 0.15) is 0 Å². The van der Waals surface area contributed by atoms with E-state index in [2.05, 4.69) is 5.32 Å². The fourth-order valence-electron chi connectivity index (χ4n) is 2.31. The Morgan fingerprint density at radius 2 is 2.00 bits per heavy atom. The first-order valence-electron chi connectivity index (χ1n) is 6.52. The topological polar surface area (TPSA) is 79.0 Å². The monoisotopic (exact) mass is 291 g/mol. The molecule has 2 rings (SSSR count). The minimum atomic E-state index is -3.14. The van der Waals surface area contributed by atoms with Gasteiger partial charge in [-0.25, -0.2) is 13.2 Å². The van der Waals surface area contributed by atoms with E-state index < -0.39 is 10.0 Å². The molecule has 0 radical (unpaired) electrons. The maximum atomic E-state index is 11.9. The van der Waals surface area contributed by atoms with E-state index in [1.165, 1.54) is 10.6 Å². The Balaban J connectivity index is 1.73. The van der Waals surface area contributed by atoms with E-state index in [0.717, 1.165) is 13.0 Å². The van der Waals surface area contributed by atoms with E-state index in [1.807, 2.05) is 0 Å². The molecule has 0 aliphatic carbocycles. The van der Waals surface area contributed by atoms with Crippen LogP contribution in [-0.2, 0) is 14.8 Å². The molecule has 2 amide bonds. The minimum absolute atomic E-state index is 0.111. The highest BCUT2D eigenvalue weighted by Crippen LogP contribution is 2.11. The number of ether oxygens (including phenoxy) is 1. The maximum absolute atomic E-state index is 11.9. The van der Waals surface area contributed by atoms with Gasteiger partial charge >= 0.3 is 6.03 Å². The molecule has 1 unspecified atom stereocenters. The Kier molecular flexibility index (Phi) is 4.64. The zero-order chi connectivity index (χ0) is 13.9. The second-order valence-corrected chi connectivity index (χ2v) is 7.05. The highest BCUT2D eigenvalue weighted by molar-refractivity contribution is 7.88. The van der Waals surface area contributed by atoms with Gasteiger partial charge in [0.2, 0.25) is 10.0 Å². The number of nitrogens with zero attached hydrogens (tertiary/aromatic N) is 2. The lowest BCUT2D eigenvalue weighted by atomic mass is 10.1. The lowest BCUT2D eigenvalue weighted by Crippen LogP contribution is -2.53. The lowest BCUT2D eigenvalue weighted by Gasteiger charge is -2.33. The number of carbonyl (C=O) groups is 1. The quantitative estimate of drug-likeness (QED) is 0.746. The Morgan fingerprint density at radius 3 is 2.53 bits per heavy atom. The molecule has 19 heavy (non-hydrogen) atoms. The molecule has 0 saturated carbocycles. The van der Waals surface area contributed by atoms with Gasteiger partial charge in [0, 0.05) is 45.2 Å². The van der Waals surface area contributed by atoms with Crippen molar-refractivity contribution >= 4 is 16.1 Å². The number of hydrogen-bond acceptors (Lipinski definition) is 4. The highest BCUT2D eigenvalue weighted by Gasteiger charge is 2.26. The first-order chi connectivity index (χ1) is 8.97. The molecular formula is C11H21N3O4S. The van der Waals surface area contributed by atoms with Gasteiger partial charge in [0.05, 0.1) is 12.9 Å². The number of piperazine rings is 1. The molecule has 7 nitrogen and oxygen atoms in total. The Hall–Kier alpha value is -0.860. The van der Waals surface area contributed by atoms with Crippen LogP contribution in [0.4, 0.5) is 4.79 Å². The molecule has 8 heteroatoms. The van der Waals surface area contributed by atoms with Crippen LogP contribution in [-0.4, -0.2) is 75.8 Å². The number of hydrogen-bond donors (Lipinski definition) is 1. The first kappa shape index (κ1) is 14.5. The van der Waals surface area contributed by atoms with Crippen LogP contribution < -0.4 is 5.32 Å². The molecule has 0 spiro atoms. The predicted molar refractivity (Wildman–Crippen MR) is 70.3 cm³/mol. The van der Waals surface area contributed by atoms with Crippen molar-refractivity contribution in [2.24, 2.45) is 5.92 Å². The summed E-state index contributed by atoms with van der Waals surface area (Å²) in [5, 5.41) is 2.89. The molecule has 0 aromatic heterocycles. The summed E-state index contributed by atoms with van der Waals surface area (Å²) in [6.45, 7) is 3.75. The van der Waals surface area contributed by atoms with E-state index in [0.29, 0.717) is 45.2 Å². The van der Waals surface area contributed by atoms with Crippen LogP contribution in [0.5, 0.6) is 0 Å². The van der Waals surface area contributed by atoms with Crippen molar-refractivity contribution in [1.29, 1.82) is 0 Å². The molecule has 0 aromatic rings. The van der Waals surface area contributed by atoms with Crippen molar-refractivity contribution in [3.63, 3.8) is 0 Å². The van der Waals surface area contributed by atoms with E-state index in [9.17, 15) is 13.2 Å². The third-order valence-corrected chi connectivity index (χ3v) is 4.86. The van der Waals surface area contributed by atoms with Gasteiger partial charge in [-0.05, 0) is 6.42 Å². The summed E-state index contributed by atoms with van der Waals surface area (Å²) in [6.07, 6.45) is 2.19. The predicted octanol–water partition coefficient (Wildman–Crippen LogP) is -0.690. The molecular weight excluding hydrogens is 270 g/mol. The third-order valence-electron chi connectivity index (χ3n) is 3.56. The van der Waals surface area contributed by atoms with E-state index in [-0.39, 0.29) is 6.03 Å². The van der Waals surface area contributed by atoms with E-state index in [4.69, 9.17) is 4.74 Å². The minimum Gasteiger partial charge on any atom is -0.381 e. The van der Waals surface area contributed by atoms with Crippen molar-refractivity contribution in [3.8, 4) is 0 Å². The van der Waals surface area contributed by atoms with Crippen LogP contribution in [0.2, 0.25) is 0 Å². The van der Waals surface area contributed by atoms with Crippen LogP contribution in [0.25, 0.3) is 0 Å². The molecule has 110 valence electrons. The second kappa shape index (κ2) is 6.06. The van der Waals surface area contributed by atoms with Crippen molar-refractivity contribution in [1.82, 2.24) is 14.5 Å². The zero-order valence-corrected chi connectivity index (χ0v) is 12.0. The number of nitrogens with one attached hydrogen (secondary N) is 1. The summed E-state index contributed by atoms with van der Waals surface area (Å²) >= 11 is 0. The summed E-state index contributed by atoms with van der Waals surface area (Å²) in [4.78, 5) is 13.6. The van der Waals surface area contributed by atoms with Gasteiger partial charge in [0.25, 0.3) is 0 Å². The van der Waals surface area contributed by atoms with E-state index in [1.54, 1.807) is 4.90 Å². The standard InChI is InChI=1S/C11H21N3O4S/c1-19(16,17)14-5-3-13(4-6-14)11(15)12-8-10-2-7-18-9-10/h10H,2-9H2,1H3,(H,12,15). The molecule has 2 aliphatic heterocycles. The largest absolute Gasteiger partial charge is 0.381 e. The summed E-state index contributed by atoms with van der Waals surface area (Å²) in [6, 6.07) is -0.111. The van der Waals surface area contributed by atoms with Crippen LogP contribution >= 0.6 is 0 Å². The average molecular weight is 291 g/mol. The molecule has 0 aromatic carbocycles. The van der Waals surface area contributed by atoms with E-state index >= 15 is 0 Å². The molecule has 2 heterocycles. The first-order valence-corrected chi connectivity index (χ1v) is 8.37. The van der Waals surface area contributed by atoms with Crippen LogP contribution in [0, 0.1) is 5.92 Å². The van der Waals surface area contributed by atoms with Crippen LogP contribution in [0.1, 0.15) is 6.42 Å². The van der Waals surface area contributed by atoms with Gasteiger partial charge in [-0.15, -0.1) is 0 Å². The number of urea groups is 1. The van der Waals surface area contributed by atoms with Crippen LogP contribution in [0.15, 0.2) is 0 Å². The molecule has 2 aliphatic rings. The zero-order valence-electron chi connectivity index (χ0n) is 11.2. The molecule has 2 fully saturated rings. The fraction of sp³-hybridized carbons (Fsp3) is 0.909. The summed E-state index contributed by atoms with van der Waals surface area (Å²) in [5.41, 5.74) is 0. The smallest absolute Gasteiger partial charge is 0.317 e. The average Bonchev–Trinajstić information content (AvgIpc) is 2.88. The number of carbonyl (C=O) groups excluding carboxylic acids is 1. The van der Waals surface area contributed by atoms with Gasteiger partial charge in [-0.2, -0.15) is 4.31 Å². The van der Waals surface area contributed by atoms with Crippen molar-refractivity contribution in [3.05, 3.63) is 0 Å². The normalized spacial score (nSPS) is 25.5. The summed E-state index contributed by atoms with van der Waals surface area (Å²) in [7, 11) is -3.14. The van der Waals surface area contributed by atoms with Gasteiger partial charge < -0.3 is 15.0 Å². The van der Waals surface area contributed by atoms with Gasteiger partial charge in [-0.1, -0.05) is 0 Å². The summed E-state index contributed by atoms with van der Waals surface area (Å²) in [5.74, 6) is 0.404. The Labute approximate surface area is 113 Å². The van der Waals surface area contributed by atoms with Crippen LogP contribution in [0.3, 0.4) is 0 Å². The molecule has 1 atom stereocenters. The maximum Gasteiger partial charge on any atom is 0.317 e. The van der Waals surface area contributed by atoms with Crippen molar-refractivity contribution < 1.29 is 17.9 Å². The summed E-state index contributed by atoms with van der Waals surface area (Å²) < 4.78 is 29.4. The number of sulfonamides is 1. The number of amides is 2. The van der Waals surface area contributed by atoms with Gasteiger partial charge in [-0.3, -0.25) is 0 Å². The fourth-order valence-corrected chi connectivity index (χ4v) is 3.14. The number of rotatable bonds is 3. The SMILES string of the molecule is CS(=O)(=O)N1CCN(C(=O)NCC2CCOC2)CC1. The molecule has 2 saturated heterocycles. The molecule has 1 N–H and O–H groups in total. The van der Waals surface area contributed by atoms with Gasteiger partial charge in [0.15, 0.2) is 0 Å². The third kappa shape index (κ3) is 4.05. The second-order valence-electron chi connectivity index (χ2n) is 5.06. The van der Waals surface area contributed by atoms with Crippen molar-refractivity contribution in [2.75, 3.05) is 52.2 Å². The highest BCUT2D eigenvalue weighted by atomic mass is 32.2. The Morgan fingerprint density at radius 1 is 1.32 bits per heavy atom.